The van der Waals surface area contributed by atoms with Crippen LogP contribution in [0.3, 0.4) is 0 Å². The van der Waals surface area contributed by atoms with Gasteiger partial charge in [0, 0.05) is 14.1 Å². The molecular formula is C8H11FN2O3S. The third-order valence-corrected chi connectivity index (χ3v) is 3.72. The minimum absolute atomic E-state index is 0.183. The first-order valence-electron chi connectivity index (χ1n) is 3.98. The molecule has 0 unspecified atom stereocenters. The number of rotatable bonds is 2. The Labute approximate surface area is 87.0 Å². The SMILES string of the molecule is CN(C)S(=O)(=O)c1c(F)ccc(N)c1O. The van der Waals surface area contributed by atoms with Crippen LogP contribution in [0.2, 0.25) is 0 Å². The molecule has 1 aromatic rings. The first kappa shape index (κ1) is 11.7. The second kappa shape index (κ2) is 3.67. The second-order valence-corrected chi connectivity index (χ2v) is 5.19. The number of nitrogens with zero attached hydrogens (tertiary/aromatic N) is 1. The number of hydrogen-bond acceptors (Lipinski definition) is 4. The van der Waals surface area contributed by atoms with Gasteiger partial charge in [0.25, 0.3) is 0 Å². The molecule has 0 aliphatic carbocycles. The number of nitrogen functional groups attached to an aromatic ring is 1. The average Bonchev–Trinajstić information content (AvgIpc) is 2.11. The Kier molecular flexibility index (Phi) is 2.87. The molecule has 0 saturated carbocycles. The van der Waals surface area contributed by atoms with Crippen LogP contribution in [0.4, 0.5) is 10.1 Å². The van der Waals surface area contributed by atoms with Gasteiger partial charge in [0.2, 0.25) is 10.0 Å². The zero-order chi connectivity index (χ0) is 11.8. The number of halogens is 1. The molecule has 0 heterocycles. The summed E-state index contributed by atoms with van der Waals surface area (Å²) in [6.45, 7) is 0. The van der Waals surface area contributed by atoms with Crippen molar-refractivity contribution < 1.29 is 17.9 Å². The number of phenols is 1. The lowest BCUT2D eigenvalue weighted by Crippen LogP contribution is -2.23. The maximum Gasteiger partial charge on any atom is 0.249 e. The van der Waals surface area contributed by atoms with E-state index >= 15 is 0 Å². The van der Waals surface area contributed by atoms with Crippen LogP contribution < -0.4 is 5.73 Å². The molecule has 3 N–H and O–H groups in total. The first-order valence-corrected chi connectivity index (χ1v) is 5.42. The van der Waals surface area contributed by atoms with Crippen molar-refractivity contribution in [1.82, 2.24) is 4.31 Å². The highest BCUT2D eigenvalue weighted by molar-refractivity contribution is 7.89. The zero-order valence-corrected chi connectivity index (χ0v) is 9.05. The Balaban J connectivity index is 3.58. The van der Waals surface area contributed by atoms with Gasteiger partial charge < -0.3 is 10.8 Å². The minimum atomic E-state index is -4.03. The van der Waals surface area contributed by atoms with Gasteiger partial charge in [0.1, 0.15) is 5.82 Å². The third kappa shape index (κ3) is 1.88. The van der Waals surface area contributed by atoms with E-state index in [1.807, 2.05) is 0 Å². The van der Waals surface area contributed by atoms with Crippen molar-refractivity contribution >= 4 is 15.7 Å². The van der Waals surface area contributed by atoms with Gasteiger partial charge in [-0.1, -0.05) is 0 Å². The number of sulfonamides is 1. The minimum Gasteiger partial charge on any atom is -0.504 e. The van der Waals surface area contributed by atoms with Crippen LogP contribution >= 0.6 is 0 Å². The number of aromatic hydroxyl groups is 1. The fourth-order valence-electron chi connectivity index (χ4n) is 0.990. The van der Waals surface area contributed by atoms with Gasteiger partial charge >= 0.3 is 0 Å². The third-order valence-electron chi connectivity index (χ3n) is 1.85. The summed E-state index contributed by atoms with van der Waals surface area (Å²) in [6, 6.07) is 1.99. The normalized spacial score (nSPS) is 12.0. The van der Waals surface area contributed by atoms with E-state index in [0.29, 0.717) is 0 Å². The van der Waals surface area contributed by atoms with E-state index < -0.39 is 26.5 Å². The number of phenolic OH excluding ortho intramolecular Hbond substituents is 1. The molecule has 1 aromatic carbocycles. The highest BCUT2D eigenvalue weighted by Crippen LogP contribution is 2.32. The van der Waals surface area contributed by atoms with Crippen LogP contribution in [0.15, 0.2) is 17.0 Å². The van der Waals surface area contributed by atoms with Crippen LogP contribution in [0, 0.1) is 5.82 Å². The summed E-state index contributed by atoms with van der Waals surface area (Å²) in [6.07, 6.45) is 0. The zero-order valence-electron chi connectivity index (χ0n) is 8.23. The smallest absolute Gasteiger partial charge is 0.249 e. The lowest BCUT2D eigenvalue weighted by Gasteiger charge is -2.14. The summed E-state index contributed by atoms with van der Waals surface area (Å²) in [4.78, 5) is -0.799. The summed E-state index contributed by atoms with van der Waals surface area (Å²) in [5.74, 6) is -1.79. The van der Waals surface area contributed by atoms with Gasteiger partial charge in [-0.25, -0.2) is 17.1 Å². The highest BCUT2D eigenvalue weighted by Gasteiger charge is 2.27. The van der Waals surface area contributed by atoms with E-state index in [4.69, 9.17) is 5.73 Å². The molecule has 0 fully saturated rings. The van der Waals surface area contributed by atoms with Gasteiger partial charge in [-0.3, -0.25) is 0 Å². The van der Waals surface area contributed by atoms with Gasteiger partial charge in [-0.05, 0) is 12.1 Å². The maximum atomic E-state index is 13.3. The van der Waals surface area contributed by atoms with Crippen LogP contribution in [-0.2, 0) is 10.0 Å². The predicted octanol–water partition coefficient (Wildman–Crippen LogP) is 0.364. The average molecular weight is 234 g/mol. The van der Waals surface area contributed by atoms with E-state index in [1.165, 1.54) is 14.1 Å². The maximum absolute atomic E-state index is 13.3. The van der Waals surface area contributed by atoms with E-state index in [9.17, 15) is 17.9 Å². The molecule has 7 heteroatoms. The van der Waals surface area contributed by atoms with Gasteiger partial charge in [0.05, 0.1) is 5.69 Å². The van der Waals surface area contributed by atoms with E-state index in [2.05, 4.69) is 0 Å². The number of benzene rings is 1. The van der Waals surface area contributed by atoms with Crippen LogP contribution in [0.25, 0.3) is 0 Å². The van der Waals surface area contributed by atoms with Crippen molar-refractivity contribution in [3.63, 3.8) is 0 Å². The van der Waals surface area contributed by atoms with Crippen molar-refractivity contribution in [3.8, 4) is 5.75 Å². The Hall–Kier alpha value is -1.34. The summed E-state index contributed by atoms with van der Waals surface area (Å²) >= 11 is 0. The number of anilines is 1. The molecule has 0 spiro atoms. The quantitative estimate of drug-likeness (QED) is 0.571. The Bertz CT molecular complexity index is 485. The van der Waals surface area contributed by atoms with E-state index in [-0.39, 0.29) is 5.69 Å². The van der Waals surface area contributed by atoms with Gasteiger partial charge in [-0.15, -0.1) is 0 Å². The molecule has 0 atom stereocenters. The molecule has 5 nitrogen and oxygen atoms in total. The van der Waals surface area contributed by atoms with Crippen molar-refractivity contribution in [2.45, 2.75) is 4.90 Å². The lowest BCUT2D eigenvalue weighted by molar-refractivity contribution is 0.439. The van der Waals surface area contributed by atoms with Crippen molar-refractivity contribution in [2.75, 3.05) is 19.8 Å². The fraction of sp³-hybridized carbons (Fsp3) is 0.250. The largest absolute Gasteiger partial charge is 0.504 e. The highest BCUT2D eigenvalue weighted by atomic mass is 32.2. The molecule has 0 radical (unpaired) electrons. The predicted molar refractivity (Wildman–Crippen MR) is 53.4 cm³/mol. The fourth-order valence-corrected chi connectivity index (χ4v) is 2.03. The topological polar surface area (TPSA) is 83.6 Å². The van der Waals surface area contributed by atoms with Crippen LogP contribution in [0.1, 0.15) is 0 Å². The second-order valence-electron chi connectivity index (χ2n) is 3.10. The Morgan fingerprint density at radius 3 is 2.40 bits per heavy atom. The van der Waals surface area contributed by atoms with Gasteiger partial charge in [-0.2, -0.15) is 0 Å². The van der Waals surface area contributed by atoms with Gasteiger partial charge in [0.15, 0.2) is 10.6 Å². The number of nitrogens with two attached hydrogens (primary N) is 1. The number of hydrogen-bond donors (Lipinski definition) is 2. The van der Waals surface area contributed by atoms with E-state index in [1.54, 1.807) is 0 Å². The van der Waals surface area contributed by atoms with Crippen molar-refractivity contribution in [3.05, 3.63) is 17.9 Å². The summed E-state index contributed by atoms with van der Waals surface area (Å²) in [5.41, 5.74) is 5.10. The van der Waals surface area contributed by atoms with E-state index in [0.717, 1.165) is 16.4 Å². The standard InChI is InChI=1S/C8H11FN2O3S/c1-11(2)15(13,14)8-5(9)3-4-6(10)7(8)12/h3-4,12H,10H2,1-2H3. The van der Waals surface area contributed by atoms with Crippen molar-refractivity contribution in [2.24, 2.45) is 0 Å². The summed E-state index contributed by atoms with van der Waals surface area (Å²) in [7, 11) is -1.57. The first-order chi connectivity index (χ1) is 6.78. The summed E-state index contributed by atoms with van der Waals surface area (Å²) in [5, 5.41) is 9.39. The molecule has 0 saturated heterocycles. The molecule has 0 aromatic heterocycles. The summed E-state index contributed by atoms with van der Waals surface area (Å²) < 4.78 is 37.3. The molecule has 0 amide bonds. The van der Waals surface area contributed by atoms with Crippen molar-refractivity contribution in [1.29, 1.82) is 0 Å². The molecule has 0 aliphatic heterocycles. The molecule has 1 rings (SSSR count). The lowest BCUT2D eigenvalue weighted by atomic mass is 10.3. The monoisotopic (exact) mass is 234 g/mol. The van der Waals surface area contributed by atoms with Crippen LogP contribution in [-0.4, -0.2) is 31.9 Å². The molecular weight excluding hydrogens is 223 g/mol. The molecule has 84 valence electrons. The molecule has 0 bridgehead atoms. The van der Waals surface area contributed by atoms with Crippen LogP contribution in [0.5, 0.6) is 5.75 Å². The Morgan fingerprint density at radius 1 is 1.40 bits per heavy atom. The molecule has 0 aliphatic rings. The molecule has 15 heavy (non-hydrogen) atoms. The Morgan fingerprint density at radius 2 is 1.93 bits per heavy atom.